The molecule has 1 N–H and O–H groups in total. The van der Waals surface area contributed by atoms with Crippen LogP contribution >= 0.6 is 0 Å². The van der Waals surface area contributed by atoms with E-state index in [1.165, 1.54) is 5.56 Å². The van der Waals surface area contributed by atoms with Gasteiger partial charge in [-0.3, -0.25) is 14.4 Å². The first-order valence-corrected chi connectivity index (χ1v) is 10.7. The van der Waals surface area contributed by atoms with Gasteiger partial charge in [0.25, 0.3) is 5.91 Å². The number of aliphatic hydroxyl groups is 1. The van der Waals surface area contributed by atoms with Crippen molar-refractivity contribution in [3.05, 3.63) is 58.3 Å². The molecule has 7 nitrogen and oxygen atoms in total. The smallest absolute Gasteiger partial charge is 0.260 e. The molecule has 7 heteroatoms. The highest BCUT2D eigenvalue weighted by molar-refractivity contribution is 5.99. The number of benzene rings is 2. The van der Waals surface area contributed by atoms with E-state index in [0.717, 1.165) is 27.6 Å². The van der Waals surface area contributed by atoms with E-state index < -0.39 is 6.10 Å². The van der Waals surface area contributed by atoms with Gasteiger partial charge < -0.3 is 14.6 Å². The van der Waals surface area contributed by atoms with Gasteiger partial charge in [-0.25, -0.2) is 0 Å². The molecule has 2 aliphatic heterocycles. The Kier molecular flexibility index (Phi) is 4.95. The van der Waals surface area contributed by atoms with Gasteiger partial charge in [0.05, 0.1) is 29.8 Å². The number of fused-ring (bicyclic) bond motifs is 2. The summed E-state index contributed by atoms with van der Waals surface area (Å²) in [4.78, 5) is 15.0. The maximum atomic E-state index is 13.4. The third kappa shape index (κ3) is 3.47. The summed E-state index contributed by atoms with van der Waals surface area (Å²) in [5, 5.41) is 15.9. The highest BCUT2D eigenvalue weighted by Gasteiger charge is 2.37. The van der Waals surface area contributed by atoms with Crippen LogP contribution in [-0.4, -0.2) is 57.8 Å². The van der Waals surface area contributed by atoms with Crippen LogP contribution in [0.15, 0.2) is 30.5 Å². The van der Waals surface area contributed by atoms with E-state index in [0.29, 0.717) is 37.4 Å². The van der Waals surface area contributed by atoms with Crippen molar-refractivity contribution in [2.45, 2.75) is 38.8 Å². The Morgan fingerprint density at radius 3 is 2.87 bits per heavy atom. The second-order valence-electron chi connectivity index (χ2n) is 8.58. The van der Waals surface area contributed by atoms with Gasteiger partial charge in [-0.05, 0) is 67.1 Å². The molecule has 162 valence electrons. The van der Waals surface area contributed by atoms with Crippen molar-refractivity contribution in [1.29, 1.82) is 0 Å². The van der Waals surface area contributed by atoms with Gasteiger partial charge in [-0.15, -0.1) is 0 Å². The molecule has 2 atom stereocenters. The molecule has 0 aliphatic carbocycles. The van der Waals surface area contributed by atoms with Crippen LogP contribution in [0.5, 0.6) is 5.75 Å². The van der Waals surface area contributed by atoms with Crippen LogP contribution in [-0.2, 0) is 18.2 Å². The van der Waals surface area contributed by atoms with E-state index in [1.807, 2.05) is 37.0 Å². The average molecular weight is 421 g/mol. The maximum absolute atomic E-state index is 13.4. The molecule has 31 heavy (non-hydrogen) atoms. The molecule has 1 aromatic heterocycles. The van der Waals surface area contributed by atoms with Gasteiger partial charge >= 0.3 is 0 Å². The summed E-state index contributed by atoms with van der Waals surface area (Å²) >= 11 is 0. The number of hydrogen-bond acceptors (Lipinski definition) is 5. The lowest BCUT2D eigenvalue weighted by Gasteiger charge is -2.40. The van der Waals surface area contributed by atoms with E-state index in [-0.39, 0.29) is 18.7 Å². The zero-order chi connectivity index (χ0) is 21.7. The number of nitrogens with zero attached hydrogens (tertiary/aromatic N) is 3. The minimum Gasteiger partial charge on any atom is -0.472 e. The number of aryl methyl sites for hydroxylation is 1. The third-order valence-corrected chi connectivity index (χ3v) is 6.56. The van der Waals surface area contributed by atoms with Gasteiger partial charge in [0.1, 0.15) is 5.75 Å². The van der Waals surface area contributed by atoms with Crippen LogP contribution in [0.25, 0.3) is 10.9 Å². The fourth-order valence-corrected chi connectivity index (χ4v) is 4.62. The van der Waals surface area contributed by atoms with Crippen LogP contribution in [0.4, 0.5) is 0 Å². The summed E-state index contributed by atoms with van der Waals surface area (Å²) in [6.45, 7) is 5.06. The first kappa shape index (κ1) is 20.0. The van der Waals surface area contributed by atoms with E-state index >= 15 is 0 Å². The molecule has 0 bridgehead atoms. The Morgan fingerprint density at radius 2 is 2.06 bits per heavy atom. The maximum Gasteiger partial charge on any atom is 0.260 e. The highest BCUT2D eigenvalue weighted by Crippen LogP contribution is 2.35. The predicted octanol–water partition coefficient (Wildman–Crippen LogP) is 2.72. The molecule has 1 saturated heterocycles. The molecule has 2 aliphatic rings. The average Bonchev–Trinajstić information content (AvgIpc) is 3.12. The summed E-state index contributed by atoms with van der Waals surface area (Å²) in [5.74, 6) is 0.541. The third-order valence-electron chi connectivity index (χ3n) is 6.56. The summed E-state index contributed by atoms with van der Waals surface area (Å²) < 4.78 is 13.3. The Morgan fingerprint density at radius 1 is 1.23 bits per heavy atom. The number of amides is 1. The number of hydrogen-bond donors (Lipinski definition) is 1. The minimum absolute atomic E-state index is 0.108. The summed E-state index contributed by atoms with van der Waals surface area (Å²) in [6.07, 6.45) is 2.65. The van der Waals surface area contributed by atoms with Crippen molar-refractivity contribution in [1.82, 2.24) is 14.7 Å². The number of ether oxygens (including phenoxy) is 2. The SMILES string of the molecule is Cc1c(Cc2ccc3nn(C)cc3c2)cc2c(c1C)OCN([C@H]1COCC[C@@H]1O)C2=O. The van der Waals surface area contributed by atoms with E-state index in [1.54, 1.807) is 4.90 Å². The minimum atomic E-state index is -0.597. The second-order valence-corrected chi connectivity index (χ2v) is 8.58. The Hall–Kier alpha value is -2.90. The molecule has 3 heterocycles. The number of carbonyl (C=O) groups excluding carboxylic acids is 1. The Labute approximate surface area is 181 Å². The first-order chi connectivity index (χ1) is 14.9. The van der Waals surface area contributed by atoms with Gasteiger partial charge in [0.15, 0.2) is 6.73 Å². The lowest BCUT2D eigenvalue weighted by Crippen LogP contribution is -2.55. The zero-order valence-electron chi connectivity index (χ0n) is 18.1. The molecule has 0 spiro atoms. The number of carbonyl (C=O) groups is 1. The van der Waals surface area contributed by atoms with Crippen LogP contribution in [0.1, 0.15) is 39.0 Å². The van der Waals surface area contributed by atoms with Gasteiger partial charge in [-0.2, -0.15) is 5.10 Å². The van der Waals surface area contributed by atoms with Crippen LogP contribution < -0.4 is 4.74 Å². The molecule has 1 fully saturated rings. The fourth-order valence-electron chi connectivity index (χ4n) is 4.62. The molecule has 0 radical (unpaired) electrons. The van der Waals surface area contributed by atoms with Gasteiger partial charge in [0.2, 0.25) is 0 Å². The molecular formula is C24H27N3O4. The standard InChI is InChI=1S/C24H27N3O4/c1-14-15(2)23-19(24(29)27(13-31-23)21-12-30-7-6-22(21)28)10-17(14)8-16-4-5-20-18(9-16)11-26(3)25-20/h4-5,9-11,21-22,28H,6-8,12-13H2,1-3H3/t21-,22-/m0/s1. The van der Waals surface area contributed by atoms with E-state index in [4.69, 9.17) is 9.47 Å². The number of aliphatic hydroxyl groups excluding tert-OH is 1. The number of aromatic nitrogens is 2. The molecular weight excluding hydrogens is 394 g/mol. The van der Waals surface area contributed by atoms with Crippen molar-refractivity contribution in [2.24, 2.45) is 7.05 Å². The van der Waals surface area contributed by atoms with Crippen LogP contribution in [0.3, 0.4) is 0 Å². The lowest BCUT2D eigenvalue weighted by molar-refractivity contribution is -0.0697. The predicted molar refractivity (Wildman–Crippen MR) is 116 cm³/mol. The largest absolute Gasteiger partial charge is 0.472 e. The summed E-state index contributed by atoms with van der Waals surface area (Å²) in [5.41, 5.74) is 5.91. The molecule has 3 aromatic rings. The van der Waals surface area contributed by atoms with Crippen molar-refractivity contribution >= 4 is 16.8 Å². The van der Waals surface area contributed by atoms with Crippen molar-refractivity contribution in [3.8, 4) is 5.75 Å². The monoisotopic (exact) mass is 421 g/mol. The van der Waals surface area contributed by atoms with Crippen LogP contribution in [0, 0.1) is 13.8 Å². The Bertz CT molecular complexity index is 1170. The molecule has 0 saturated carbocycles. The zero-order valence-corrected chi connectivity index (χ0v) is 18.1. The topological polar surface area (TPSA) is 76.8 Å². The lowest BCUT2D eigenvalue weighted by atomic mass is 9.92. The van der Waals surface area contributed by atoms with Gasteiger partial charge in [-0.1, -0.05) is 6.07 Å². The fraction of sp³-hybridized carbons (Fsp3) is 0.417. The molecule has 5 rings (SSSR count). The van der Waals surface area contributed by atoms with E-state index in [2.05, 4.69) is 24.2 Å². The molecule has 2 aromatic carbocycles. The van der Waals surface area contributed by atoms with Crippen molar-refractivity contribution < 1.29 is 19.4 Å². The van der Waals surface area contributed by atoms with Crippen molar-refractivity contribution in [2.75, 3.05) is 19.9 Å². The highest BCUT2D eigenvalue weighted by atomic mass is 16.5. The second kappa shape index (κ2) is 7.66. The van der Waals surface area contributed by atoms with Crippen molar-refractivity contribution in [3.63, 3.8) is 0 Å². The quantitative estimate of drug-likeness (QED) is 0.704. The normalized spacial score (nSPS) is 21.3. The van der Waals surface area contributed by atoms with Crippen LogP contribution in [0.2, 0.25) is 0 Å². The first-order valence-electron chi connectivity index (χ1n) is 10.7. The van der Waals surface area contributed by atoms with Gasteiger partial charge in [0, 0.05) is 25.2 Å². The molecule has 1 amide bonds. The summed E-state index contributed by atoms with van der Waals surface area (Å²) in [7, 11) is 1.92. The van der Waals surface area contributed by atoms with E-state index in [9.17, 15) is 9.90 Å². The summed E-state index contributed by atoms with van der Waals surface area (Å²) in [6, 6.07) is 7.84. The number of rotatable bonds is 3. The molecule has 0 unspecified atom stereocenters. The Balaban J connectivity index is 1.48.